The molecule has 0 bridgehead atoms. The summed E-state index contributed by atoms with van der Waals surface area (Å²) in [6, 6.07) is 11.2. The van der Waals surface area contributed by atoms with Crippen LogP contribution in [0.5, 0.6) is 5.75 Å². The zero-order chi connectivity index (χ0) is 21.3. The lowest BCUT2D eigenvalue weighted by molar-refractivity contribution is -0.133. The molecule has 0 saturated carbocycles. The Morgan fingerprint density at radius 2 is 1.97 bits per heavy atom. The summed E-state index contributed by atoms with van der Waals surface area (Å²) in [6.07, 6.45) is 0.757. The number of hydrazone groups is 1. The molecule has 0 spiro atoms. The van der Waals surface area contributed by atoms with Crippen molar-refractivity contribution in [2.24, 2.45) is 5.10 Å². The van der Waals surface area contributed by atoms with E-state index >= 15 is 0 Å². The second-order valence-corrected chi connectivity index (χ2v) is 9.80. The van der Waals surface area contributed by atoms with Gasteiger partial charge in [0, 0.05) is 19.4 Å². The van der Waals surface area contributed by atoms with Crippen molar-refractivity contribution in [2.45, 2.75) is 31.8 Å². The van der Waals surface area contributed by atoms with E-state index < -0.39 is 15.9 Å². The lowest BCUT2D eigenvalue weighted by atomic mass is 10.1. The van der Waals surface area contributed by atoms with Crippen molar-refractivity contribution in [3.8, 4) is 5.75 Å². The number of carbonyl (C=O) groups excluding carboxylic acids is 2. The van der Waals surface area contributed by atoms with Crippen molar-refractivity contribution < 1.29 is 22.7 Å². The van der Waals surface area contributed by atoms with E-state index in [1.807, 2.05) is 36.4 Å². The molecular weight excluding hydrogens is 406 g/mol. The van der Waals surface area contributed by atoms with Gasteiger partial charge in [-0.1, -0.05) is 18.2 Å². The molecule has 2 aliphatic rings. The number of nitrogens with zero attached hydrogens (tertiary/aromatic N) is 2. The molecule has 4 rings (SSSR count). The lowest BCUT2D eigenvalue weighted by Gasteiger charge is -2.27. The lowest BCUT2D eigenvalue weighted by Crippen LogP contribution is -2.43. The van der Waals surface area contributed by atoms with Crippen LogP contribution in [-0.4, -0.2) is 55.6 Å². The molecule has 2 aromatic carbocycles. The van der Waals surface area contributed by atoms with E-state index in [0.717, 1.165) is 22.1 Å². The summed E-state index contributed by atoms with van der Waals surface area (Å²) in [6.45, 7) is 0.325. The number of hydrogen-bond donors (Lipinski definition) is 1. The Balaban J connectivity index is 1.43. The first-order valence-electron chi connectivity index (χ1n) is 9.79. The van der Waals surface area contributed by atoms with Gasteiger partial charge in [-0.3, -0.25) is 9.59 Å². The molecule has 0 aromatic heterocycles. The van der Waals surface area contributed by atoms with Gasteiger partial charge in [-0.25, -0.2) is 13.4 Å². The summed E-state index contributed by atoms with van der Waals surface area (Å²) in [5.74, 6) is 0.153. The Labute approximate surface area is 174 Å². The normalized spacial score (nSPS) is 20.8. The van der Waals surface area contributed by atoms with Crippen LogP contribution in [0.4, 0.5) is 0 Å². The number of ether oxygens (including phenoxy) is 1. The van der Waals surface area contributed by atoms with Gasteiger partial charge in [-0.05, 0) is 41.0 Å². The number of benzene rings is 2. The number of hydrogen-bond acceptors (Lipinski definition) is 6. The predicted octanol–water partition coefficient (Wildman–Crippen LogP) is 1.63. The number of carbonyl (C=O) groups is 2. The first-order valence-corrected chi connectivity index (χ1v) is 11.6. The Bertz CT molecular complexity index is 1140. The van der Waals surface area contributed by atoms with Crippen LogP contribution in [-0.2, 0) is 26.0 Å². The minimum absolute atomic E-state index is 0.0480. The predicted molar refractivity (Wildman–Crippen MR) is 113 cm³/mol. The van der Waals surface area contributed by atoms with E-state index in [0.29, 0.717) is 13.0 Å². The van der Waals surface area contributed by atoms with Gasteiger partial charge in [0.15, 0.2) is 9.84 Å². The third-order valence-corrected chi connectivity index (χ3v) is 7.19. The number of rotatable bonds is 5. The average Bonchev–Trinajstić information content (AvgIpc) is 3.11. The molecule has 9 heteroatoms. The summed E-state index contributed by atoms with van der Waals surface area (Å²) in [5, 5.41) is 10.3. The maximum atomic E-state index is 12.6. The molecule has 1 fully saturated rings. The fourth-order valence-electron chi connectivity index (χ4n) is 3.78. The third kappa shape index (κ3) is 4.30. The van der Waals surface area contributed by atoms with Crippen molar-refractivity contribution in [3.63, 3.8) is 0 Å². The number of methoxy groups -OCH3 is 1. The highest BCUT2D eigenvalue weighted by atomic mass is 32.2. The fraction of sp³-hybridized carbons (Fsp3) is 0.381. The molecule has 2 amide bonds. The SMILES string of the molecule is COc1ccc2cc(CNC(=O)C3=NN(C4CCS(=O)(=O)C4)C(=O)CC3)ccc2c1. The van der Waals surface area contributed by atoms with Gasteiger partial charge in [0.25, 0.3) is 5.91 Å². The van der Waals surface area contributed by atoms with Crippen LogP contribution < -0.4 is 10.1 Å². The topological polar surface area (TPSA) is 105 Å². The largest absolute Gasteiger partial charge is 0.497 e. The third-order valence-electron chi connectivity index (χ3n) is 5.44. The van der Waals surface area contributed by atoms with E-state index in [9.17, 15) is 18.0 Å². The second kappa shape index (κ2) is 8.06. The maximum Gasteiger partial charge on any atom is 0.267 e. The molecule has 158 valence electrons. The summed E-state index contributed by atoms with van der Waals surface area (Å²) >= 11 is 0. The van der Waals surface area contributed by atoms with Crippen molar-refractivity contribution in [2.75, 3.05) is 18.6 Å². The van der Waals surface area contributed by atoms with Crippen molar-refractivity contribution in [1.29, 1.82) is 0 Å². The minimum Gasteiger partial charge on any atom is -0.497 e. The summed E-state index contributed by atoms with van der Waals surface area (Å²) in [7, 11) is -1.52. The van der Waals surface area contributed by atoms with Crippen LogP contribution in [0.2, 0.25) is 0 Å². The molecule has 2 aromatic rings. The molecule has 0 radical (unpaired) electrons. The smallest absolute Gasteiger partial charge is 0.267 e. The first kappa shape index (κ1) is 20.3. The van der Waals surface area contributed by atoms with Crippen LogP contribution in [0.3, 0.4) is 0 Å². The van der Waals surface area contributed by atoms with E-state index in [4.69, 9.17) is 4.74 Å². The molecule has 1 unspecified atom stereocenters. The summed E-state index contributed by atoms with van der Waals surface area (Å²) in [5.41, 5.74) is 1.19. The molecule has 1 N–H and O–H groups in total. The highest BCUT2D eigenvalue weighted by Gasteiger charge is 2.37. The first-order chi connectivity index (χ1) is 14.3. The van der Waals surface area contributed by atoms with Gasteiger partial charge < -0.3 is 10.1 Å². The molecule has 2 heterocycles. The molecule has 30 heavy (non-hydrogen) atoms. The average molecular weight is 429 g/mol. The van der Waals surface area contributed by atoms with Crippen molar-refractivity contribution in [3.05, 3.63) is 42.0 Å². The minimum atomic E-state index is -3.15. The zero-order valence-corrected chi connectivity index (χ0v) is 17.4. The molecular formula is C21H23N3O5S. The Kier molecular flexibility index (Phi) is 5.46. The van der Waals surface area contributed by atoms with Gasteiger partial charge in [0.1, 0.15) is 11.5 Å². The Hall–Kier alpha value is -2.94. The van der Waals surface area contributed by atoms with Crippen LogP contribution in [0.15, 0.2) is 41.5 Å². The number of amides is 2. The van der Waals surface area contributed by atoms with Gasteiger partial charge in [-0.2, -0.15) is 5.10 Å². The standard InChI is InChI=1S/C21H23N3O5S/c1-29-18-5-4-15-10-14(2-3-16(15)11-18)12-22-21(26)19-6-7-20(25)24(23-19)17-8-9-30(27,28)13-17/h2-5,10-11,17H,6-9,12-13H2,1H3,(H,22,26). The fourth-order valence-corrected chi connectivity index (χ4v) is 5.47. The Morgan fingerprint density at radius 1 is 1.20 bits per heavy atom. The monoisotopic (exact) mass is 429 g/mol. The number of sulfone groups is 1. The van der Waals surface area contributed by atoms with Crippen LogP contribution in [0.25, 0.3) is 10.8 Å². The highest BCUT2D eigenvalue weighted by molar-refractivity contribution is 7.91. The van der Waals surface area contributed by atoms with Crippen molar-refractivity contribution in [1.82, 2.24) is 10.3 Å². The summed E-state index contributed by atoms with van der Waals surface area (Å²) in [4.78, 5) is 24.8. The summed E-state index contributed by atoms with van der Waals surface area (Å²) < 4.78 is 28.7. The van der Waals surface area contributed by atoms with Crippen LogP contribution in [0.1, 0.15) is 24.8 Å². The molecule has 1 atom stereocenters. The molecule has 0 aliphatic carbocycles. The van der Waals surface area contributed by atoms with Gasteiger partial charge in [-0.15, -0.1) is 0 Å². The van der Waals surface area contributed by atoms with Gasteiger partial charge in [0.05, 0.1) is 24.7 Å². The van der Waals surface area contributed by atoms with E-state index in [1.54, 1.807) is 7.11 Å². The maximum absolute atomic E-state index is 12.6. The van der Waals surface area contributed by atoms with E-state index in [2.05, 4.69) is 10.4 Å². The van der Waals surface area contributed by atoms with Crippen LogP contribution in [0, 0.1) is 0 Å². The van der Waals surface area contributed by atoms with Crippen LogP contribution >= 0.6 is 0 Å². The number of fused-ring (bicyclic) bond motifs is 1. The van der Waals surface area contributed by atoms with Gasteiger partial charge >= 0.3 is 0 Å². The van der Waals surface area contributed by atoms with Crippen molar-refractivity contribution >= 4 is 38.1 Å². The molecule has 2 aliphatic heterocycles. The Morgan fingerprint density at radius 3 is 2.70 bits per heavy atom. The molecule has 1 saturated heterocycles. The number of nitrogens with one attached hydrogen (secondary N) is 1. The van der Waals surface area contributed by atoms with Gasteiger partial charge in [0.2, 0.25) is 5.91 Å². The second-order valence-electron chi connectivity index (χ2n) is 7.57. The molecule has 8 nitrogen and oxygen atoms in total. The van der Waals surface area contributed by atoms with E-state index in [1.165, 1.54) is 5.01 Å². The zero-order valence-electron chi connectivity index (χ0n) is 16.6. The van der Waals surface area contributed by atoms with E-state index in [-0.39, 0.29) is 41.9 Å². The quantitative estimate of drug-likeness (QED) is 0.778. The highest BCUT2D eigenvalue weighted by Crippen LogP contribution is 2.23.